The maximum absolute atomic E-state index is 14.0. The van der Waals surface area contributed by atoms with Crippen LogP contribution in [0.25, 0.3) is 10.2 Å². The first-order valence-electron chi connectivity index (χ1n) is 7.20. The molecule has 24 heavy (non-hydrogen) atoms. The molecule has 0 aliphatic carbocycles. The van der Waals surface area contributed by atoms with Crippen molar-refractivity contribution in [2.45, 2.75) is 19.8 Å². The number of rotatable bonds is 5. The molecule has 0 N–H and O–H groups in total. The Morgan fingerprint density at radius 1 is 1.17 bits per heavy atom. The van der Waals surface area contributed by atoms with E-state index in [0.717, 1.165) is 23.5 Å². The number of ketones is 1. The van der Waals surface area contributed by atoms with Crippen LogP contribution in [-0.4, -0.2) is 10.8 Å². The van der Waals surface area contributed by atoms with Gasteiger partial charge in [-0.15, -0.1) is 0 Å². The molecule has 2 aromatic carbocycles. The van der Waals surface area contributed by atoms with Crippen molar-refractivity contribution in [1.82, 2.24) is 4.98 Å². The first-order chi connectivity index (χ1) is 11.5. The molecule has 3 nitrogen and oxygen atoms in total. The molecule has 0 spiro atoms. The van der Waals surface area contributed by atoms with Gasteiger partial charge in [0.1, 0.15) is 29.0 Å². The molecule has 0 bridgehead atoms. The number of benzene rings is 2. The van der Waals surface area contributed by atoms with Crippen molar-refractivity contribution in [3.63, 3.8) is 0 Å². The molecule has 1 aromatic heterocycles. The summed E-state index contributed by atoms with van der Waals surface area (Å²) in [5.41, 5.74) is 0.253. The molecule has 3 rings (SSSR count). The summed E-state index contributed by atoms with van der Waals surface area (Å²) >= 11 is 1.06. The number of hydrogen-bond acceptors (Lipinski definition) is 4. The zero-order valence-corrected chi connectivity index (χ0v) is 13.4. The van der Waals surface area contributed by atoms with Crippen LogP contribution < -0.4 is 4.74 Å². The Kier molecular flexibility index (Phi) is 4.53. The van der Waals surface area contributed by atoms with E-state index < -0.39 is 17.5 Å². The van der Waals surface area contributed by atoms with E-state index in [2.05, 4.69) is 4.98 Å². The normalized spacial score (nSPS) is 11.0. The quantitative estimate of drug-likeness (QED) is 0.647. The third-order valence-electron chi connectivity index (χ3n) is 3.42. The predicted molar refractivity (Wildman–Crippen MR) is 85.0 cm³/mol. The summed E-state index contributed by atoms with van der Waals surface area (Å²) in [6, 6.07) is 6.09. The summed E-state index contributed by atoms with van der Waals surface area (Å²) in [4.78, 5) is 15.5. The van der Waals surface area contributed by atoms with Crippen molar-refractivity contribution >= 4 is 27.3 Å². The number of aromatic nitrogens is 1. The zero-order chi connectivity index (χ0) is 17.3. The van der Waals surface area contributed by atoms with Crippen LogP contribution in [0.3, 0.4) is 0 Å². The van der Waals surface area contributed by atoms with Crippen LogP contribution in [-0.2, 0) is 11.2 Å². The van der Waals surface area contributed by atoms with Gasteiger partial charge in [0.05, 0.1) is 10.2 Å². The number of hydrogen-bond donors (Lipinski definition) is 0. The molecule has 3 aromatic rings. The van der Waals surface area contributed by atoms with Crippen molar-refractivity contribution in [3.05, 3.63) is 53.3 Å². The van der Waals surface area contributed by atoms with Crippen LogP contribution >= 0.6 is 11.3 Å². The lowest BCUT2D eigenvalue weighted by molar-refractivity contribution is -0.118. The summed E-state index contributed by atoms with van der Waals surface area (Å²) in [6.07, 6.45) is -0.0890. The van der Waals surface area contributed by atoms with Crippen LogP contribution in [0.5, 0.6) is 10.9 Å². The standard InChI is InChI=1S/C17H12F3NO2S/c1-2-10(22)6-12-13(19)7-11(8-14(12)20)23-17-21-15-4-3-9(18)5-16(15)24-17/h3-5,7-8H,2,6H2,1H3. The number of thiazole rings is 1. The molecule has 0 fully saturated rings. The van der Waals surface area contributed by atoms with Gasteiger partial charge in [0.15, 0.2) is 0 Å². The summed E-state index contributed by atoms with van der Waals surface area (Å²) in [7, 11) is 0. The Labute approximate surface area is 139 Å². The zero-order valence-electron chi connectivity index (χ0n) is 12.6. The van der Waals surface area contributed by atoms with Crippen LogP contribution in [0.4, 0.5) is 13.2 Å². The fourth-order valence-corrected chi connectivity index (χ4v) is 3.01. The number of nitrogens with zero attached hydrogens (tertiary/aromatic N) is 1. The highest BCUT2D eigenvalue weighted by Gasteiger charge is 2.16. The predicted octanol–water partition coefficient (Wildman–Crippen LogP) is 5.03. The van der Waals surface area contributed by atoms with Crippen LogP contribution in [0.15, 0.2) is 30.3 Å². The highest BCUT2D eigenvalue weighted by molar-refractivity contribution is 7.20. The smallest absolute Gasteiger partial charge is 0.279 e. The van der Waals surface area contributed by atoms with Crippen LogP contribution in [0, 0.1) is 17.5 Å². The van der Waals surface area contributed by atoms with E-state index in [-0.39, 0.29) is 35.1 Å². The van der Waals surface area contributed by atoms with E-state index in [1.165, 1.54) is 18.2 Å². The minimum Gasteiger partial charge on any atom is -0.431 e. The van der Waals surface area contributed by atoms with Crippen LogP contribution in [0.1, 0.15) is 18.9 Å². The monoisotopic (exact) mass is 351 g/mol. The Bertz CT molecular complexity index is 900. The SMILES string of the molecule is CCC(=O)Cc1c(F)cc(Oc2nc3ccc(F)cc3s2)cc1F. The Hall–Kier alpha value is -2.41. The molecule has 124 valence electrons. The van der Waals surface area contributed by atoms with Gasteiger partial charge in [0.2, 0.25) is 0 Å². The molecular weight excluding hydrogens is 339 g/mol. The third-order valence-corrected chi connectivity index (χ3v) is 4.31. The van der Waals surface area contributed by atoms with E-state index in [1.54, 1.807) is 6.92 Å². The fraction of sp³-hybridized carbons (Fsp3) is 0.176. The van der Waals surface area contributed by atoms with E-state index >= 15 is 0 Å². The Balaban J connectivity index is 1.87. The first kappa shape index (κ1) is 16.4. The van der Waals surface area contributed by atoms with Crippen molar-refractivity contribution in [2.24, 2.45) is 0 Å². The Morgan fingerprint density at radius 3 is 2.54 bits per heavy atom. The van der Waals surface area contributed by atoms with E-state index in [4.69, 9.17) is 4.74 Å². The van der Waals surface area contributed by atoms with E-state index in [0.29, 0.717) is 10.2 Å². The molecule has 0 aliphatic rings. The van der Waals surface area contributed by atoms with Gasteiger partial charge in [0.25, 0.3) is 5.19 Å². The largest absolute Gasteiger partial charge is 0.431 e. The second kappa shape index (κ2) is 6.60. The fourth-order valence-electron chi connectivity index (χ4n) is 2.15. The third kappa shape index (κ3) is 3.41. The molecule has 0 saturated carbocycles. The molecule has 1 heterocycles. The van der Waals surface area contributed by atoms with Gasteiger partial charge in [0, 0.05) is 30.5 Å². The minimum atomic E-state index is -0.848. The van der Waals surface area contributed by atoms with Gasteiger partial charge < -0.3 is 4.74 Å². The Morgan fingerprint density at radius 2 is 1.88 bits per heavy atom. The summed E-state index contributed by atoms with van der Waals surface area (Å²) in [5, 5.41) is 0.145. The number of carbonyl (C=O) groups excluding carboxylic acids is 1. The van der Waals surface area contributed by atoms with Gasteiger partial charge in [-0.1, -0.05) is 18.3 Å². The number of ether oxygens (including phenoxy) is 1. The molecule has 0 aliphatic heterocycles. The molecule has 0 saturated heterocycles. The van der Waals surface area contributed by atoms with Gasteiger partial charge in [-0.05, 0) is 18.2 Å². The summed E-state index contributed by atoms with van der Waals surface area (Å²) < 4.78 is 47.2. The van der Waals surface area contributed by atoms with Gasteiger partial charge in [-0.2, -0.15) is 0 Å². The van der Waals surface area contributed by atoms with Crippen molar-refractivity contribution < 1.29 is 22.7 Å². The number of Topliss-reactive ketones (excluding diaryl/α,β-unsaturated/α-hetero) is 1. The number of fused-ring (bicyclic) bond motifs is 1. The molecule has 0 unspecified atom stereocenters. The van der Waals surface area contributed by atoms with E-state index in [9.17, 15) is 18.0 Å². The van der Waals surface area contributed by atoms with Gasteiger partial charge >= 0.3 is 0 Å². The van der Waals surface area contributed by atoms with Gasteiger partial charge in [-0.25, -0.2) is 18.2 Å². The lowest BCUT2D eigenvalue weighted by atomic mass is 10.1. The average Bonchev–Trinajstić information content (AvgIpc) is 2.91. The lowest BCUT2D eigenvalue weighted by Crippen LogP contribution is -2.05. The molecule has 0 atom stereocenters. The van der Waals surface area contributed by atoms with E-state index in [1.807, 2.05) is 0 Å². The first-order valence-corrected chi connectivity index (χ1v) is 8.01. The summed E-state index contributed by atoms with van der Waals surface area (Å²) in [5.74, 6) is -2.43. The van der Waals surface area contributed by atoms with Crippen molar-refractivity contribution in [3.8, 4) is 10.9 Å². The minimum absolute atomic E-state index is 0.0720. The lowest BCUT2D eigenvalue weighted by Gasteiger charge is -2.07. The average molecular weight is 351 g/mol. The highest BCUT2D eigenvalue weighted by Crippen LogP contribution is 2.33. The second-order valence-corrected chi connectivity index (χ2v) is 6.12. The maximum atomic E-state index is 14.0. The van der Waals surface area contributed by atoms with Crippen molar-refractivity contribution in [2.75, 3.05) is 0 Å². The van der Waals surface area contributed by atoms with Gasteiger partial charge in [-0.3, -0.25) is 4.79 Å². The summed E-state index contributed by atoms with van der Waals surface area (Å²) in [6.45, 7) is 1.63. The maximum Gasteiger partial charge on any atom is 0.279 e. The van der Waals surface area contributed by atoms with Crippen molar-refractivity contribution in [1.29, 1.82) is 0 Å². The molecule has 0 amide bonds. The molecule has 7 heteroatoms. The number of halogens is 3. The topological polar surface area (TPSA) is 39.2 Å². The van der Waals surface area contributed by atoms with Crippen LogP contribution in [0.2, 0.25) is 0 Å². The second-order valence-electron chi connectivity index (χ2n) is 5.13. The molecular formula is C17H12F3NO2S. The number of carbonyl (C=O) groups is 1. The molecule has 0 radical (unpaired) electrons. The highest BCUT2D eigenvalue weighted by atomic mass is 32.1.